The number of rotatable bonds is 6. The Morgan fingerprint density at radius 1 is 1.00 bits per heavy atom. The third-order valence-corrected chi connectivity index (χ3v) is 5.54. The van der Waals surface area contributed by atoms with Crippen LogP contribution in [0.2, 0.25) is 0 Å². The van der Waals surface area contributed by atoms with Crippen molar-refractivity contribution in [2.75, 3.05) is 19.0 Å². The van der Waals surface area contributed by atoms with E-state index in [1.165, 1.54) is 6.20 Å². The Hall–Kier alpha value is -4.38. The van der Waals surface area contributed by atoms with Crippen LogP contribution in [-0.4, -0.2) is 44.8 Å². The van der Waals surface area contributed by atoms with E-state index in [0.717, 1.165) is 33.5 Å². The van der Waals surface area contributed by atoms with Crippen molar-refractivity contribution in [3.8, 4) is 6.07 Å². The molecule has 0 atom stereocenters. The number of aromatic nitrogens is 4. The summed E-state index contributed by atoms with van der Waals surface area (Å²) >= 11 is 0. The molecule has 0 unspecified atom stereocenters. The molecule has 3 heterocycles. The first-order chi connectivity index (χ1) is 16.4. The average Bonchev–Trinajstić information content (AvgIpc) is 2.84. The molecule has 34 heavy (non-hydrogen) atoms. The van der Waals surface area contributed by atoms with Crippen molar-refractivity contribution in [2.45, 2.75) is 26.9 Å². The summed E-state index contributed by atoms with van der Waals surface area (Å²) < 4.78 is 0. The molecule has 1 aromatic carbocycles. The van der Waals surface area contributed by atoms with E-state index >= 15 is 0 Å². The maximum absolute atomic E-state index is 13.7. The lowest BCUT2D eigenvalue weighted by Crippen LogP contribution is -2.31. The van der Waals surface area contributed by atoms with Crippen LogP contribution in [0, 0.1) is 25.2 Å². The van der Waals surface area contributed by atoms with Crippen LogP contribution in [0.25, 0.3) is 10.9 Å². The predicted molar refractivity (Wildman–Crippen MR) is 130 cm³/mol. The third kappa shape index (κ3) is 4.84. The maximum atomic E-state index is 13.7. The van der Waals surface area contributed by atoms with E-state index in [-0.39, 0.29) is 19.0 Å². The molecular weight excluding hydrogens is 426 g/mol. The molecule has 0 radical (unpaired) electrons. The zero-order valence-corrected chi connectivity index (χ0v) is 19.6. The molecule has 0 aliphatic heterocycles. The highest BCUT2D eigenvalue weighted by molar-refractivity contribution is 5.98. The number of fused-ring (bicyclic) bond motifs is 1. The molecule has 0 fully saturated rings. The van der Waals surface area contributed by atoms with Gasteiger partial charge in [0.05, 0.1) is 29.9 Å². The second-order valence-corrected chi connectivity index (χ2v) is 8.36. The number of nitrogens with zero attached hydrogens (tertiary/aromatic N) is 7. The van der Waals surface area contributed by atoms with Crippen LogP contribution in [-0.2, 0) is 13.1 Å². The lowest BCUT2D eigenvalue weighted by atomic mass is 10.1. The first-order valence-corrected chi connectivity index (χ1v) is 10.8. The van der Waals surface area contributed by atoms with E-state index < -0.39 is 0 Å². The quantitative estimate of drug-likeness (QED) is 0.439. The number of nitriles is 1. The fourth-order valence-corrected chi connectivity index (χ4v) is 3.83. The number of hydrogen-bond donors (Lipinski definition) is 0. The molecule has 0 aliphatic rings. The molecule has 4 aromatic rings. The second kappa shape index (κ2) is 9.63. The molecule has 0 spiro atoms. The highest BCUT2D eigenvalue weighted by Gasteiger charge is 2.20. The molecule has 8 heteroatoms. The fourth-order valence-electron chi connectivity index (χ4n) is 3.83. The van der Waals surface area contributed by atoms with Crippen molar-refractivity contribution in [1.82, 2.24) is 24.8 Å². The van der Waals surface area contributed by atoms with Crippen LogP contribution >= 0.6 is 0 Å². The Morgan fingerprint density at radius 3 is 2.44 bits per heavy atom. The Balaban J connectivity index is 1.70. The third-order valence-electron chi connectivity index (χ3n) is 5.54. The molecule has 0 bridgehead atoms. The first kappa shape index (κ1) is 22.8. The highest BCUT2D eigenvalue weighted by Crippen LogP contribution is 2.24. The van der Waals surface area contributed by atoms with E-state index in [1.54, 1.807) is 35.5 Å². The SMILES string of the molecule is Cc1cc(C#N)cnc1CN(Cc1ncccn1)C(=O)c1ccc2nc(N(C)C)c(C)cc2c1. The van der Waals surface area contributed by atoms with Gasteiger partial charge in [-0.05, 0) is 61.4 Å². The number of aryl methyl sites for hydroxylation is 2. The summed E-state index contributed by atoms with van der Waals surface area (Å²) in [7, 11) is 3.92. The van der Waals surface area contributed by atoms with Crippen LogP contribution < -0.4 is 4.90 Å². The Labute approximate surface area is 198 Å². The van der Waals surface area contributed by atoms with Gasteiger partial charge in [0, 0.05) is 43.6 Å². The minimum atomic E-state index is -0.158. The van der Waals surface area contributed by atoms with Gasteiger partial charge in [-0.15, -0.1) is 0 Å². The highest BCUT2D eigenvalue weighted by atomic mass is 16.2. The molecule has 1 amide bonds. The van der Waals surface area contributed by atoms with Gasteiger partial charge in [-0.25, -0.2) is 15.0 Å². The van der Waals surface area contributed by atoms with Crippen molar-refractivity contribution in [3.05, 3.63) is 88.8 Å². The number of benzene rings is 1. The normalized spacial score (nSPS) is 10.7. The van der Waals surface area contributed by atoms with Gasteiger partial charge in [-0.3, -0.25) is 9.78 Å². The van der Waals surface area contributed by atoms with Crippen LogP contribution in [0.4, 0.5) is 5.82 Å². The molecule has 0 N–H and O–H groups in total. The lowest BCUT2D eigenvalue weighted by Gasteiger charge is -2.23. The number of carbonyl (C=O) groups excluding carboxylic acids is 1. The van der Waals surface area contributed by atoms with Crippen molar-refractivity contribution >= 4 is 22.6 Å². The lowest BCUT2D eigenvalue weighted by molar-refractivity contribution is 0.0723. The molecule has 4 rings (SSSR count). The predicted octanol–water partition coefficient (Wildman–Crippen LogP) is 3.82. The van der Waals surface area contributed by atoms with Gasteiger partial charge in [-0.2, -0.15) is 5.26 Å². The molecule has 0 saturated carbocycles. The summed E-state index contributed by atoms with van der Waals surface area (Å²) in [5, 5.41) is 10.0. The van der Waals surface area contributed by atoms with Gasteiger partial charge in [0.15, 0.2) is 0 Å². The van der Waals surface area contributed by atoms with E-state index in [1.807, 2.05) is 51.0 Å². The minimum Gasteiger partial charge on any atom is -0.363 e. The standard InChI is InChI=1S/C26H25N7O/c1-17-10-19(13-27)14-30-23(17)15-33(16-24-28-8-5-9-29-24)26(34)20-6-7-22-21(12-20)11-18(2)25(31-22)32(3)4/h5-12,14H,15-16H2,1-4H3. The monoisotopic (exact) mass is 451 g/mol. The zero-order valence-electron chi connectivity index (χ0n) is 19.6. The van der Waals surface area contributed by atoms with Crippen molar-refractivity contribution < 1.29 is 4.79 Å². The molecule has 0 saturated heterocycles. The zero-order chi connectivity index (χ0) is 24.2. The minimum absolute atomic E-state index is 0.158. The summed E-state index contributed by atoms with van der Waals surface area (Å²) in [6, 6.07) is 13.2. The van der Waals surface area contributed by atoms with Crippen molar-refractivity contribution in [3.63, 3.8) is 0 Å². The maximum Gasteiger partial charge on any atom is 0.254 e. The molecular formula is C26H25N7O. The van der Waals surface area contributed by atoms with Gasteiger partial charge in [0.1, 0.15) is 17.7 Å². The molecule has 8 nitrogen and oxygen atoms in total. The van der Waals surface area contributed by atoms with Crippen LogP contribution in [0.3, 0.4) is 0 Å². The average molecular weight is 452 g/mol. The summed E-state index contributed by atoms with van der Waals surface area (Å²) in [6.07, 6.45) is 4.84. The van der Waals surface area contributed by atoms with Gasteiger partial charge < -0.3 is 9.80 Å². The van der Waals surface area contributed by atoms with Crippen LogP contribution in [0.5, 0.6) is 0 Å². The van der Waals surface area contributed by atoms with Crippen LogP contribution in [0.15, 0.2) is 55.0 Å². The van der Waals surface area contributed by atoms with Crippen molar-refractivity contribution in [1.29, 1.82) is 5.26 Å². The number of anilines is 1. The Morgan fingerprint density at radius 2 is 1.76 bits per heavy atom. The number of hydrogen-bond acceptors (Lipinski definition) is 7. The first-order valence-electron chi connectivity index (χ1n) is 10.8. The van der Waals surface area contributed by atoms with Gasteiger partial charge in [0.25, 0.3) is 5.91 Å². The Bertz CT molecular complexity index is 1390. The van der Waals surface area contributed by atoms with Gasteiger partial charge >= 0.3 is 0 Å². The molecule has 3 aromatic heterocycles. The number of pyridine rings is 2. The van der Waals surface area contributed by atoms with E-state index in [9.17, 15) is 4.79 Å². The summed E-state index contributed by atoms with van der Waals surface area (Å²) in [5.41, 5.74) is 4.47. The molecule has 0 aliphatic carbocycles. The largest absolute Gasteiger partial charge is 0.363 e. The van der Waals surface area contributed by atoms with E-state index in [2.05, 4.69) is 21.0 Å². The summed E-state index contributed by atoms with van der Waals surface area (Å²) in [6.45, 7) is 4.39. The van der Waals surface area contributed by atoms with Crippen molar-refractivity contribution in [2.24, 2.45) is 0 Å². The van der Waals surface area contributed by atoms with E-state index in [0.29, 0.717) is 17.0 Å². The van der Waals surface area contributed by atoms with Crippen LogP contribution in [0.1, 0.15) is 38.6 Å². The van der Waals surface area contributed by atoms with E-state index in [4.69, 9.17) is 10.2 Å². The number of amides is 1. The summed E-state index contributed by atoms with van der Waals surface area (Å²) in [5.74, 6) is 1.28. The fraction of sp³-hybridized carbons (Fsp3) is 0.231. The topological polar surface area (TPSA) is 98.9 Å². The Kier molecular flexibility index (Phi) is 6.46. The number of carbonyl (C=O) groups is 1. The second-order valence-electron chi connectivity index (χ2n) is 8.36. The van der Waals surface area contributed by atoms with Gasteiger partial charge in [-0.1, -0.05) is 0 Å². The summed E-state index contributed by atoms with van der Waals surface area (Å²) in [4.78, 5) is 35.0. The van der Waals surface area contributed by atoms with Gasteiger partial charge in [0.2, 0.25) is 0 Å². The molecule has 170 valence electrons. The smallest absolute Gasteiger partial charge is 0.254 e.